The van der Waals surface area contributed by atoms with Crippen LogP contribution in [0.2, 0.25) is 0 Å². The predicted octanol–water partition coefficient (Wildman–Crippen LogP) is 3.63. The normalized spacial score (nSPS) is 25.3. The van der Waals surface area contributed by atoms with E-state index in [-0.39, 0.29) is 5.78 Å². The molecule has 19 heavy (non-hydrogen) atoms. The molecule has 1 aliphatic carbocycles. The van der Waals surface area contributed by atoms with Gasteiger partial charge in [-0.3, -0.25) is 4.79 Å². The molecule has 1 fully saturated rings. The molecule has 1 saturated carbocycles. The zero-order valence-corrected chi connectivity index (χ0v) is 12.5. The Hall–Kier alpha value is -0.830. The summed E-state index contributed by atoms with van der Waals surface area (Å²) in [5.74, 6) is 0.615. The van der Waals surface area contributed by atoms with E-state index in [0.717, 1.165) is 38.5 Å². The van der Waals surface area contributed by atoms with E-state index in [1.807, 2.05) is 13.0 Å². The number of carbonyl (C=O) groups excluding carboxylic acids is 1. The fraction of sp³-hybridized carbons (Fsp3) is 0.812. The first-order valence-electron chi connectivity index (χ1n) is 7.51. The van der Waals surface area contributed by atoms with Gasteiger partial charge in [-0.1, -0.05) is 13.8 Å². The maximum atomic E-state index is 12.8. The van der Waals surface area contributed by atoms with Crippen molar-refractivity contribution in [2.75, 3.05) is 13.2 Å². The highest BCUT2D eigenvalue weighted by Gasteiger charge is 2.46. The minimum atomic E-state index is -0.632. The van der Waals surface area contributed by atoms with Crippen molar-refractivity contribution in [1.82, 2.24) is 0 Å². The van der Waals surface area contributed by atoms with Crippen LogP contribution in [0.15, 0.2) is 11.8 Å². The number of Topliss-reactive ketones (excluding diaryl/α,β-unsaturated/α-hetero) is 1. The molecule has 0 bridgehead atoms. The standard InChI is InChI=1S/C16H26O3/c1-4-19-16(10-8-15(2,3)9-11-16)14(17)13-7-5-6-12-18-13/h7H,4-6,8-12H2,1-3H3. The van der Waals surface area contributed by atoms with Crippen LogP contribution in [-0.2, 0) is 14.3 Å². The summed E-state index contributed by atoms with van der Waals surface area (Å²) >= 11 is 0. The number of hydrogen-bond donors (Lipinski definition) is 0. The summed E-state index contributed by atoms with van der Waals surface area (Å²) in [5, 5.41) is 0. The van der Waals surface area contributed by atoms with Crippen LogP contribution in [0.25, 0.3) is 0 Å². The summed E-state index contributed by atoms with van der Waals surface area (Å²) in [5.41, 5.74) is -0.309. The van der Waals surface area contributed by atoms with Gasteiger partial charge in [-0.05, 0) is 56.9 Å². The lowest BCUT2D eigenvalue weighted by Gasteiger charge is -2.42. The fourth-order valence-corrected chi connectivity index (χ4v) is 2.98. The van der Waals surface area contributed by atoms with E-state index in [2.05, 4.69) is 13.8 Å². The third-order valence-electron chi connectivity index (χ3n) is 4.41. The largest absolute Gasteiger partial charge is 0.490 e. The second-order valence-electron chi connectivity index (χ2n) is 6.48. The van der Waals surface area contributed by atoms with Gasteiger partial charge in [0.25, 0.3) is 0 Å². The molecule has 2 aliphatic rings. The predicted molar refractivity (Wildman–Crippen MR) is 74.9 cm³/mol. The first-order valence-corrected chi connectivity index (χ1v) is 7.51. The fourth-order valence-electron chi connectivity index (χ4n) is 2.98. The van der Waals surface area contributed by atoms with Crippen LogP contribution in [0.3, 0.4) is 0 Å². The Morgan fingerprint density at radius 1 is 1.32 bits per heavy atom. The molecule has 0 aromatic carbocycles. The Bertz CT molecular complexity index is 358. The Balaban J connectivity index is 2.15. The highest BCUT2D eigenvalue weighted by Crippen LogP contribution is 2.43. The Labute approximate surface area is 116 Å². The minimum absolute atomic E-state index is 0.0737. The Kier molecular flexibility index (Phi) is 4.34. The summed E-state index contributed by atoms with van der Waals surface area (Å²) in [7, 11) is 0. The molecule has 0 atom stereocenters. The zero-order valence-electron chi connectivity index (χ0n) is 12.5. The summed E-state index contributed by atoms with van der Waals surface area (Å²) in [4.78, 5) is 12.8. The molecule has 3 heteroatoms. The molecule has 0 aromatic rings. The van der Waals surface area contributed by atoms with Gasteiger partial charge in [0.2, 0.25) is 5.78 Å². The highest BCUT2D eigenvalue weighted by atomic mass is 16.5. The van der Waals surface area contributed by atoms with Gasteiger partial charge in [-0.15, -0.1) is 0 Å². The highest BCUT2D eigenvalue weighted by molar-refractivity contribution is 6.00. The molecular formula is C16H26O3. The first-order chi connectivity index (χ1) is 8.99. The summed E-state index contributed by atoms with van der Waals surface area (Å²) in [6.07, 6.45) is 7.57. The molecule has 0 aromatic heterocycles. The van der Waals surface area contributed by atoms with Crippen molar-refractivity contribution in [3.63, 3.8) is 0 Å². The minimum Gasteiger partial charge on any atom is -0.490 e. The van der Waals surface area contributed by atoms with Gasteiger partial charge in [0, 0.05) is 6.61 Å². The van der Waals surface area contributed by atoms with Gasteiger partial charge < -0.3 is 9.47 Å². The van der Waals surface area contributed by atoms with E-state index in [4.69, 9.17) is 9.47 Å². The van der Waals surface area contributed by atoms with E-state index < -0.39 is 5.60 Å². The maximum Gasteiger partial charge on any atom is 0.228 e. The quantitative estimate of drug-likeness (QED) is 0.779. The molecule has 1 aliphatic heterocycles. The van der Waals surface area contributed by atoms with Gasteiger partial charge in [0.15, 0.2) is 5.76 Å². The summed E-state index contributed by atoms with van der Waals surface area (Å²) in [6.45, 7) is 7.74. The van der Waals surface area contributed by atoms with Crippen molar-refractivity contribution >= 4 is 5.78 Å². The molecule has 0 spiro atoms. The van der Waals surface area contributed by atoms with Crippen LogP contribution < -0.4 is 0 Å². The number of hydrogen-bond acceptors (Lipinski definition) is 3. The molecule has 0 N–H and O–H groups in total. The van der Waals surface area contributed by atoms with Gasteiger partial charge in [0.05, 0.1) is 6.61 Å². The maximum absolute atomic E-state index is 12.8. The number of carbonyl (C=O) groups is 1. The van der Waals surface area contributed by atoms with Crippen molar-refractivity contribution in [1.29, 1.82) is 0 Å². The number of allylic oxidation sites excluding steroid dienone is 1. The van der Waals surface area contributed by atoms with E-state index in [0.29, 0.717) is 24.4 Å². The van der Waals surface area contributed by atoms with Crippen LogP contribution in [-0.4, -0.2) is 24.6 Å². The van der Waals surface area contributed by atoms with E-state index >= 15 is 0 Å². The molecule has 0 radical (unpaired) electrons. The molecule has 2 rings (SSSR count). The SMILES string of the molecule is CCOC1(C(=O)C2=CCCCO2)CCC(C)(C)CC1. The molecular weight excluding hydrogens is 240 g/mol. The van der Waals surface area contributed by atoms with E-state index in [1.165, 1.54) is 0 Å². The molecule has 0 saturated heterocycles. The smallest absolute Gasteiger partial charge is 0.228 e. The van der Waals surface area contributed by atoms with Crippen LogP contribution in [0, 0.1) is 5.41 Å². The molecule has 1 heterocycles. The van der Waals surface area contributed by atoms with E-state index in [9.17, 15) is 4.79 Å². The van der Waals surface area contributed by atoms with Crippen molar-refractivity contribution in [3.8, 4) is 0 Å². The van der Waals surface area contributed by atoms with Gasteiger partial charge in [-0.25, -0.2) is 0 Å². The van der Waals surface area contributed by atoms with Gasteiger partial charge in [0.1, 0.15) is 5.60 Å². The lowest BCUT2D eigenvalue weighted by atomic mass is 9.69. The van der Waals surface area contributed by atoms with Crippen molar-refractivity contribution in [2.45, 2.75) is 64.9 Å². The second kappa shape index (κ2) is 5.66. The average molecular weight is 266 g/mol. The second-order valence-corrected chi connectivity index (χ2v) is 6.48. The lowest BCUT2D eigenvalue weighted by molar-refractivity contribution is -0.152. The summed E-state index contributed by atoms with van der Waals surface area (Å²) < 4.78 is 11.5. The van der Waals surface area contributed by atoms with Crippen LogP contribution >= 0.6 is 0 Å². The lowest BCUT2D eigenvalue weighted by Crippen LogP contribution is -2.47. The van der Waals surface area contributed by atoms with Crippen LogP contribution in [0.5, 0.6) is 0 Å². The zero-order chi connectivity index (χ0) is 13.9. The average Bonchev–Trinajstić information content (AvgIpc) is 2.42. The van der Waals surface area contributed by atoms with Crippen molar-refractivity contribution in [3.05, 3.63) is 11.8 Å². The number of rotatable bonds is 4. The first kappa shape index (κ1) is 14.6. The summed E-state index contributed by atoms with van der Waals surface area (Å²) in [6, 6.07) is 0. The molecule has 0 unspecified atom stereocenters. The van der Waals surface area contributed by atoms with E-state index in [1.54, 1.807) is 0 Å². The monoisotopic (exact) mass is 266 g/mol. The van der Waals surface area contributed by atoms with Crippen molar-refractivity contribution in [2.24, 2.45) is 5.41 Å². The number of ether oxygens (including phenoxy) is 2. The van der Waals surface area contributed by atoms with Gasteiger partial charge >= 0.3 is 0 Å². The third kappa shape index (κ3) is 3.19. The number of ketones is 1. The van der Waals surface area contributed by atoms with Crippen LogP contribution in [0.1, 0.15) is 59.3 Å². The Morgan fingerprint density at radius 2 is 2.00 bits per heavy atom. The Morgan fingerprint density at radius 3 is 2.53 bits per heavy atom. The topological polar surface area (TPSA) is 35.5 Å². The van der Waals surface area contributed by atoms with Crippen molar-refractivity contribution < 1.29 is 14.3 Å². The van der Waals surface area contributed by atoms with Gasteiger partial charge in [-0.2, -0.15) is 0 Å². The molecule has 3 nitrogen and oxygen atoms in total. The van der Waals surface area contributed by atoms with Crippen LogP contribution in [0.4, 0.5) is 0 Å². The molecule has 108 valence electrons. The molecule has 0 amide bonds. The third-order valence-corrected chi connectivity index (χ3v) is 4.41.